The lowest BCUT2D eigenvalue weighted by molar-refractivity contribution is 0.0186. The third-order valence-corrected chi connectivity index (χ3v) is 5.92. The minimum Gasteiger partial charge on any atom is -0.444 e. The van der Waals surface area contributed by atoms with Crippen LogP contribution in [0.25, 0.3) is 0 Å². The third-order valence-electron chi connectivity index (χ3n) is 5.92. The molecular weight excluding hydrogens is 467 g/mol. The minimum atomic E-state index is -0.463. The summed E-state index contributed by atoms with van der Waals surface area (Å²) in [5.41, 5.74) is 8.80. The first-order valence-electron chi connectivity index (χ1n) is 9.94. The van der Waals surface area contributed by atoms with E-state index in [-0.39, 0.29) is 30.1 Å². The van der Waals surface area contributed by atoms with Crippen LogP contribution in [0.5, 0.6) is 0 Å². The van der Waals surface area contributed by atoms with Gasteiger partial charge in [0.05, 0.1) is 0 Å². The molecule has 2 N–H and O–H groups in total. The first-order valence-corrected chi connectivity index (χ1v) is 9.94. The number of benzene rings is 1. The van der Waals surface area contributed by atoms with E-state index in [0.29, 0.717) is 44.0 Å². The number of hydrogen-bond donors (Lipinski definition) is 1. The molecule has 3 atom stereocenters. The Bertz CT molecular complexity index is 753. The highest BCUT2D eigenvalue weighted by Gasteiger charge is 2.54. The number of fused-ring (bicyclic) bond motifs is 3. The summed E-state index contributed by atoms with van der Waals surface area (Å²) in [6, 6.07) is 8.79. The lowest BCUT2D eigenvalue weighted by Crippen LogP contribution is -2.53. The van der Waals surface area contributed by atoms with E-state index in [2.05, 4.69) is 34.2 Å². The molecule has 4 rings (SSSR count). The highest BCUT2D eigenvalue weighted by atomic mass is 127. The van der Waals surface area contributed by atoms with Gasteiger partial charge in [0.25, 0.3) is 0 Å². The molecule has 2 aliphatic carbocycles. The lowest BCUT2D eigenvalue weighted by Gasteiger charge is -2.36. The highest BCUT2D eigenvalue weighted by molar-refractivity contribution is 14.0. The van der Waals surface area contributed by atoms with Gasteiger partial charge in [-0.1, -0.05) is 24.3 Å². The van der Waals surface area contributed by atoms with Crippen molar-refractivity contribution in [3.63, 3.8) is 0 Å². The molecule has 2 fully saturated rings. The number of hydrogen-bond acceptors (Lipinski definition) is 3. The average molecular weight is 498 g/mol. The fourth-order valence-electron chi connectivity index (χ4n) is 4.48. The van der Waals surface area contributed by atoms with Gasteiger partial charge in [0, 0.05) is 32.7 Å². The number of carbonyl (C=O) groups is 1. The largest absolute Gasteiger partial charge is 0.444 e. The molecule has 0 radical (unpaired) electrons. The van der Waals surface area contributed by atoms with Crippen molar-refractivity contribution < 1.29 is 9.53 Å². The van der Waals surface area contributed by atoms with Gasteiger partial charge in [-0.25, -0.2) is 4.79 Å². The number of piperazine rings is 1. The second kappa shape index (κ2) is 8.08. The standard InChI is InChI=1S/C21H30N4O2.HI/c1-21(2,3)27-20(26)25-10-8-24(9-11-25)19(22)23-13-17-16-12-14-6-4-5-7-15(14)18(16)17;/h4-7,16-18H,8-13H2,1-3H3,(H2,22,23);1H. The summed E-state index contributed by atoms with van der Waals surface area (Å²) in [5, 5.41) is 0. The quantitative estimate of drug-likeness (QED) is 0.387. The van der Waals surface area contributed by atoms with E-state index >= 15 is 0 Å². The van der Waals surface area contributed by atoms with Crippen molar-refractivity contribution in [1.29, 1.82) is 0 Å². The Morgan fingerprint density at radius 1 is 1.18 bits per heavy atom. The maximum Gasteiger partial charge on any atom is 0.410 e. The highest BCUT2D eigenvalue weighted by Crippen LogP contribution is 2.61. The first kappa shape index (κ1) is 21.2. The molecule has 1 amide bonds. The minimum absolute atomic E-state index is 0. The normalized spacial score (nSPS) is 26.2. The van der Waals surface area contributed by atoms with E-state index in [9.17, 15) is 4.79 Å². The Balaban J connectivity index is 0.00000225. The van der Waals surface area contributed by atoms with Crippen LogP contribution in [0.2, 0.25) is 0 Å². The second-order valence-corrected chi connectivity index (χ2v) is 8.91. The van der Waals surface area contributed by atoms with E-state index in [1.54, 1.807) is 4.90 Å². The summed E-state index contributed by atoms with van der Waals surface area (Å²) in [4.78, 5) is 20.7. The van der Waals surface area contributed by atoms with Crippen LogP contribution < -0.4 is 5.73 Å². The number of amides is 1. The SMILES string of the molecule is CC(C)(C)OC(=O)N1CCN(C(N)=NCC2C3Cc4ccccc4C23)CC1.I. The van der Waals surface area contributed by atoms with Gasteiger partial charge in [-0.15, -0.1) is 24.0 Å². The summed E-state index contributed by atoms with van der Waals surface area (Å²) in [6.45, 7) is 9.11. The van der Waals surface area contributed by atoms with Crippen LogP contribution in [0.1, 0.15) is 37.8 Å². The first-order chi connectivity index (χ1) is 12.8. The number of ether oxygens (including phenoxy) is 1. The number of rotatable bonds is 2. The van der Waals surface area contributed by atoms with Crippen molar-refractivity contribution >= 4 is 36.0 Å². The van der Waals surface area contributed by atoms with Gasteiger partial charge in [-0.05, 0) is 56.1 Å². The van der Waals surface area contributed by atoms with Crippen molar-refractivity contribution in [1.82, 2.24) is 9.80 Å². The number of halogens is 1. The molecule has 154 valence electrons. The van der Waals surface area contributed by atoms with Gasteiger partial charge in [0.15, 0.2) is 5.96 Å². The van der Waals surface area contributed by atoms with E-state index in [1.807, 2.05) is 20.8 Å². The van der Waals surface area contributed by atoms with Gasteiger partial charge in [0.2, 0.25) is 0 Å². The molecule has 1 aromatic carbocycles. The predicted octanol–water partition coefficient (Wildman–Crippen LogP) is 3.06. The van der Waals surface area contributed by atoms with E-state index in [4.69, 9.17) is 10.5 Å². The van der Waals surface area contributed by atoms with Crippen molar-refractivity contribution in [2.75, 3.05) is 32.7 Å². The zero-order valence-corrected chi connectivity index (χ0v) is 19.3. The van der Waals surface area contributed by atoms with Crippen molar-refractivity contribution in [2.24, 2.45) is 22.6 Å². The fourth-order valence-corrected chi connectivity index (χ4v) is 4.48. The third kappa shape index (κ3) is 4.39. The molecule has 1 heterocycles. The van der Waals surface area contributed by atoms with Crippen LogP contribution in [-0.4, -0.2) is 60.2 Å². The molecule has 0 spiro atoms. The van der Waals surface area contributed by atoms with E-state index in [0.717, 1.165) is 12.5 Å². The van der Waals surface area contributed by atoms with Crippen LogP contribution >= 0.6 is 24.0 Å². The number of carbonyl (C=O) groups excluding carboxylic acids is 1. The smallest absolute Gasteiger partial charge is 0.410 e. The summed E-state index contributed by atoms with van der Waals surface area (Å²) < 4.78 is 5.44. The summed E-state index contributed by atoms with van der Waals surface area (Å²) in [5.74, 6) is 2.68. The maximum absolute atomic E-state index is 12.1. The van der Waals surface area contributed by atoms with Gasteiger partial charge in [-0.2, -0.15) is 0 Å². The molecule has 1 aliphatic heterocycles. The second-order valence-electron chi connectivity index (χ2n) is 8.91. The average Bonchev–Trinajstić information content (AvgIpc) is 3.16. The maximum atomic E-state index is 12.1. The van der Waals surface area contributed by atoms with Gasteiger partial charge >= 0.3 is 6.09 Å². The van der Waals surface area contributed by atoms with Crippen LogP contribution in [0.3, 0.4) is 0 Å². The lowest BCUT2D eigenvalue weighted by atomic mass is 10.0. The van der Waals surface area contributed by atoms with E-state index < -0.39 is 5.60 Å². The van der Waals surface area contributed by atoms with Crippen molar-refractivity contribution in [3.8, 4) is 0 Å². The summed E-state index contributed by atoms with van der Waals surface area (Å²) in [6.07, 6.45) is 0.942. The van der Waals surface area contributed by atoms with Gasteiger partial charge in [0.1, 0.15) is 5.60 Å². The number of nitrogens with two attached hydrogens (primary N) is 1. The number of guanidine groups is 1. The Kier molecular flexibility index (Phi) is 6.12. The zero-order valence-electron chi connectivity index (χ0n) is 16.9. The molecule has 1 saturated carbocycles. The van der Waals surface area contributed by atoms with Crippen LogP contribution in [-0.2, 0) is 11.2 Å². The summed E-state index contributed by atoms with van der Waals surface area (Å²) in [7, 11) is 0. The van der Waals surface area contributed by atoms with E-state index in [1.165, 1.54) is 17.5 Å². The Morgan fingerprint density at radius 3 is 2.50 bits per heavy atom. The molecule has 7 heteroatoms. The molecule has 0 aromatic heterocycles. The molecule has 0 bridgehead atoms. The number of aliphatic imine (C=N–C) groups is 1. The number of nitrogens with zero attached hydrogens (tertiary/aromatic N) is 3. The molecule has 28 heavy (non-hydrogen) atoms. The van der Waals surface area contributed by atoms with Crippen molar-refractivity contribution in [2.45, 2.75) is 38.7 Å². The molecule has 6 nitrogen and oxygen atoms in total. The van der Waals surface area contributed by atoms with Gasteiger partial charge < -0.3 is 20.3 Å². The molecule has 3 aliphatic rings. The Hall–Kier alpha value is -1.51. The van der Waals surface area contributed by atoms with Crippen molar-refractivity contribution in [3.05, 3.63) is 35.4 Å². The molecule has 1 saturated heterocycles. The van der Waals surface area contributed by atoms with Crippen LogP contribution in [0, 0.1) is 11.8 Å². The Labute approximate surface area is 184 Å². The fraction of sp³-hybridized carbons (Fsp3) is 0.619. The zero-order chi connectivity index (χ0) is 19.2. The summed E-state index contributed by atoms with van der Waals surface area (Å²) >= 11 is 0. The monoisotopic (exact) mass is 498 g/mol. The van der Waals surface area contributed by atoms with Crippen LogP contribution in [0.4, 0.5) is 4.79 Å². The molecule has 3 unspecified atom stereocenters. The molecular formula is C21H31IN4O2. The van der Waals surface area contributed by atoms with Crippen LogP contribution in [0.15, 0.2) is 29.3 Å². The topological polar surface area (TPSA) is 71.2 Å². The van der Waals surface area contributed by atoms with Gasteiger partial charge in [-0.3, -0.25) is 4.99 Å². The predicted molar refractivity (Wildman–Crippen MR) is 121 cm³/mol. The molecule has 1 aromatic rings. The Morgan fingerprint density at radius 2 is 1.82 bits per heavy atom.